The van der Waals surface area contributed by atoms with Crippen LogP contribution in [0, 0.1) is 0 Å². The van der Waals surface area contributed by atoms with Crippen LogP contribution >= 0.6 is 0 Å². The Bertz CT molecular complexity index is 1180. The second-order valence-electron chi connectivity index (χ2n) is 7.69. The molecular weight excluding hydrogens is 398 g/mol. The van der Waals surface area contributed by atoms with Crippen molar-refractivity contribution in [2.24, 2.45) is 0 Å². The number of carboxylic acid groups (broad SMARTS) is 1. The molecule has 7 heteroatoms. The first kappa shape index (κ1) is 20.7. The van der Waals surface area contributed by atoms with Crippen LogP contribution in [0.1, 0.15) is 30.0 Å². The Kier molecular flexibility index (Phi) is 5.75. The summed E-state index contributed by atoms with van der Waals surface area (Å²) in [5, 5.41) is 14.8. The third-order valence-corrected chi connectivity index (χ3v) is 5.51. The maximum absolute atomic E-state index is 12.5. The van der Waals surface area contributed by atoms with Gasteiger partial charge in [-0.05, 0) is 55.9 Å². The molecule has 2 aromatic carbocycles. The van der Waals surface area contributed by atoms with Crippen LogP contribution in [0.5, 0.6) is 5.75 Å². The maximum atomic E-state index is 12.5. The van der Waals surface area contributed by atoms with E-state index < -0.39 is 24.0 Å². The van der Waals surface area contributed by atoms with E-state index in [4.69, 9.17) is 9.15 Å². The van der Waals surface area contributed by atoms with Gasteiger partial charge in [-0.15, -0.1) is 0 Å². The van der Waals surface area contributed by atoms with Crippen LogP contribution in [0.4, 0.5) is 0 Å². The van der Waals surface area contributed by atoms with Gasteiger partial charge >= 0.3 is 5.63 Å². The lowest BCUT2D eigenvalue weighted by Gasteiger charge is -2.22. The fourth-order valence-corrected chi connectivity index (χ4v) is 3.93. The molecule has 0 spiro atoms. The van der Waals surface area contributed by atoms with Crippen molar-refractivity contribution in [1.82, 2.24) is 5.32 Å². The van der Waals surface area contributed by atoms with Crippen molar-refractivity contribution in [1.29, 1.82) is 0 Å². The third kappa shape index (κ3) is 4.45. The first-order valence-corrected chi connectivity index (χ1v) is 10.2. The van der Waals surface area contributed by atoms with Crippen molar-refractivity contribution < 1.29 is 23.8 Å². The predicted octanol–water partition coefficient (Wildman–Crippen LogP) is 1.53. The van der Waals surface area contributed by atoms with Gasteiger partial charge in [0.25, 0.3) is 5.91 Å². The van der Waals surface area contributed by atoms with Crippen LogP contribution in [-0.4, -0.2) is 24.0 Å². The van der Waals surface area contributed by atoms with Gasteiger partial charge < -0.3 is 24.4 Å². The Morgan fingerprint density at radius 3 is 2.61 bits per heavy atom. The molecule has 0 saturated carbocycles. The average molecular weight is 420 g/mol. The standard InChI is InChI=1S/C24H23NO6/c1-14(22(26)25-20(23(27)28)12-15-6-3-2-4-7-15)30-16-10-11-18-17-8-5-9-19(17)24(29)31-21(18)13-16/h2-4,6-7,10-11,13-14,20H,5,8-9,12H2,1H3,(H,25,26)(H,27,28)/p-1/t14-,20-/m0/s1. The summed E-state index contributed by atoms with van der Waals surface area (Å²) in [6, 6.07) is 12.9. The highest BCUT2D eigenvalue weighted by molar-refractivity contribution is 5.86. The van der Waals surface area contributed by atoms with Gasteiger partial charge in [0, 0.05) is 17.0 Å². The van der Waals surface area contributed by atoms with Gasteiger partial charge in [-0.2, -0.15) is 0 Å². The minimum absolute atomic E-state index is 0.105. The quantitative estimate of drug-likeness (QED) is 0.581. The molecule has 4 rings (SSSR count). The lowest BCUT2D eigenvalue weighted by atomic mass is 10.1. The Morgan fingerprint density at radius 1 is 1.13 bits per heavy atom. The molecule has 1 amide bonds. The number of carboxylic acids is 1. The lowest BCUT2D eigenvalue weighted by Crippen LogP contribution is -2.52. The molecule has 0 radical (unpaired) electrons. The lowest BCUT2D eigenvalue weighted by molar-refractivity contribution is -0.308. The molecule has 0 fully saturated rings. The van der Waals surface area contributed by atoms with E-state index in [0.717, 1.165) is 41.3 Å². The Balaban J connectivity index is 1.46. The molecule has 1 aromatic heterocycles. The molecule has 0 saturated heterocycles. The average Bonchev–Trinajstić information content (AvgIpc) is 3.24. The van der Waals surface area contributed by atoms with Gasteiger partial charge in [0.1, 0.15) is 11.3 Å². The number of amides is 1. The fourth-order valence-electron chi connectivity index (χ4n) is 3.93. The van der Waals surface area contributed by atoms with Crippen molar-refractivity contribution in [3.8, 4) is 5.75 Å². The summed E-state index contributed by atoms with van der Waals surface area (Å²) in [5.41, 5.74) is 2.60. The van der Waals surface area contributed by atoms with Crippen molar-refractivity contribution in [2.75, 3.05) is 0 Å². The number of aliphatic carboxylic acids is 1. The molecule has 0 unspecified atom stereocenters. The molecule has 7 nitrogen and oxygen atoms in total. The van der Waals surface area contributed by atoms with E-state index in [9.17, 15) is 19.5 Å². The van der Waals surface area contributed by atoms with E-state index in [-0.39, 0.29) is 12.0 Å². The van der Waals surface area contributed by atoms with Gasteiger partial charge in [0.15, 0.2) is 6.10 Å². The van der Waals surface area contributed by atoms with Crippen LogP contribution in [0.3, 0.4) is 0 Å². The van der Waals surface area contributed by atoms with E-state index in [2.05, 4.69) is 5.32 Å². The SMILES string of the molecule is C[C@H](Oc1ccc2c3c(c(=O)oc2c1)CCC3)C(=O)N[C@@H](Cc1ccccc1)C(=O)[O-]. The predicted molar refractivity (Wildman–Crippen MR) is 112 cm³/mol. The molecule has 1 aliphatic rings. The normalized spacial score (nSPS) is 14.6. The molecule has 31 heavy (non-hydrogen) atoms. The summed E-state index contributed by atoms with van der Waals surface area (Å²) < 4.78 is 11.1. The van der Waals surface area contributed by atoms with Crippen molar-refractivity contribution >= 4 is 22.8 Å². The van der Waals surface area contributed by atoms with Crippen molar-refractivity contribution in [3.63, 3.8) is 0 Å². The second-order valence-corrected chi connectivity index (χ2v) is 7.69. The van der Waals surface area contributed by atoms with Gasteiger partial charge in [0.05, 0.1) is 12.0 Å². The summed E-state index contributed by atoms with van der Waals surface area (Å²) in [6.07, 6.45) is 1.63. The number of benzene rings is 2. The zero-order valence-electron chi connectivity index (χ0n) is 17.1. The number of carbonyl (C=O) groups excluding carboxylic acids is 2. The maximum Gasteiger partial charge on any atom is 0.339 e. The molecule has 0 aliphatic heterocycles. The Hall–Kier alpha value is -3.61. The highest BCUT2D eigenvalue weighted by atomic mass is 16.5. The van der Waals surface area contributed by atoms with Crippen LogP contribution < -0.4 is 20.8 Å². The highest BCUT2D eigenvalue weighted by Crippen LogP contribution is 2.29. The summed E-state index contributed by atoms with van der Waals surface area (Å²) >= 11 is 0. The monoisotopic (exact) mass is 420 g/mol. The van der Waals surface area contributed by atoms with E-state index in [1.807, 2.05) is 12.1 Å². The fraction of sp³-hybridized carbons (Fsp3) is 0.292. The zero-order chi connectivity index (χ0) is 22.0. The van der Waals surface area contributed by atoms with Crippen LogP contribution in [0.2, 0.25) is 0 Å². The van der Waals surface area contributed by atoms with Gasteiger partial charge in [-0.3, -0.25) is 4.79 Å². The van der Waals surface area contributed by atoms with E-state index >= 15 is 0 Å². The number of hydrogen-bond acceptors (Lipinski definition) is 6. The van der Waals surface area contributed by atoms with Crippen LogP contribution in [0.25, 0.3) is 11.0 Å². The minimum atomic E-state index is -1.37. The Labute approximate surface area is 178 Å². The number of fused-ring (bicyclic) bond motifs is 3. The number of carbonyl (C=O) groups is 2. The van der Waals surface area contributed by atoms with E-state index in [1.165, 1.54) is 6.92 Å². The second kappa shape index (κ2) is 8.63. The topological polar surface area (TPSA) is 109 Å². The third-order valence-electron chi connectivity index (χ3n) is 5.51. The Morgan fingerprint density at radius 2 is 1.87 bits per heavy atom. The van der Waals surface area contributed by atoms with E-state index in [0.29, 0.717) is 11.3 Å². The molecule has 3 aromatic rings. The largest absolute Gasteiger partial charge is 0.548 e. The molecule has 1 N–H and O–H groups in total. The number of nitrogens with one attached hydrogen (secondary N) is 1. The van der Waals surface area contributed by atoms with Crippen molar-refractivity contribution in [2.45, 2.75) is 44.8 Å². The number of rotatable bonds is 7. The van der Waals surface area contributed by atoms with Gasteiger partial charge in [0.2, 0.25) is 0 Å². The molecular formula is C24H22NO6-. The van der Waals surface area contributed by atoms with Gasteiger partial charge in [-0.1, -0.05) is 30.3 Å². The first-order chi connectivity index (χ1) is 14.9. The van der Waals surface area contributed by atoms with Gasteiger partial charge in [-0.25, -0.2) is 4.79 Å². The summed E-state index contributed by atoms with van der Waals surface area (Å²) in [5.74, 6) is -1.60. The summed E-state index contributed by atoms with van der Waals surface area (Å²) in [7, 11) is 0. The molecule has 160 valence electrons. The summed E-state index contributed by atoms with van der Waals surface area (Å²) in [4.78, 5) is 36.2. The molecule has 2 atom stereocenters. The first-order valence-electron chi connectivity index (χ1n) is 10.2. The number of aryl methyl sites for hydroxylation is 1. The number of hydrogen-bond donors (Lipinski definition) is 1. The van der Waals surface area contributed by atoms with Crippen molar-refractivity contribution in [3.05, 3.63) is 75.6 Å². The number of ether oxygens (including phenoxy) is 1. The zero-order valence-corrected chi connectivity index (χ0v) is 17.1. The highest BCUT2D eigenvalue weighted by Gasteiger charge is 2.22. The molecule has 1 heterocycles. The molecule has 1 aliphatic carbocycles. The van der Waals surface area contributed by atoms with Crippen LogP contribution in [0.15, 0.2) is 57.7 Å². The summed E-state index contributed by atoms with van der Waals surface area (Å²) in [6.45, 7) is 1.52. The van der Waals surface area contributed by atoms with E-state index in [1.54, 1.807) is 36.4 Å². The van der Waals surface area contributed by atoms with Crippen LogP contribution in [-0.2, 0) is 28.9 Å². The minimum Gasteiger partial charge on any atom is -0.548 e. The smallest absolute Gasteiger partial charge is 0.339 e. The molecule has 0 bridgehead atoms.